The molecule has 0 saturated heterocycles. The Morgan fingerprint density at radius 3 is 2.40 bits per heavy atom. The molecule has 0 heterocycles. The molecule has 0 N–H and O–H groups in total. The molecule has 1 radical (unpaired) electrons. The van der Waals surface area contributed by atoms with Gasteiger partial charge in [-0.2, -0.15) is 35.9 Å². The standard InChI is InChI=1S/C11H14NO2.Y/c1-11(2,12(13)14)9-8-10-6-4-3-5-7-10;/h4-7H,8-9H2,1-2H3;/q-1;. The van der Waals surface area contributed by atoms with Crippen LogP contribution in [0.2, 0.25) is 0 Å². The summed E-state index contributed by atoms with van der Waals surface area (Å²) < 4.78 is 0. The average molecular weight is 281 g/mol. The van der Waals surface area contributed by atoms with Crippen LogP contribution in [0.4, 0.5) is 0 Å². The smallest absolute Gasteiger partial charge is 0.217 e. The van der Waals surface area contributed by atoms with Gasteiger partial charge < -0.3 is 0 Å². The van der Waals surface area contributed by atoms with Crippen molar-refractivity contribution in [1.82, 2.24) is 0 Å². The molecule has 0 fully saturated rings. The minimum absolute atomic E-state index is 0. The van der Waals surface area contributed by atoms with E-state index >= 15 is 0 Å². The number of aryl methyl sites for hydroxylation is 1. The minimum atomic E-state index is -0.834. The molecule has 1 rings (SSSR count). The maximum Gasteiger partial charge on any atom is 0.217 e. The van der Waals surface area contributed by atoms with Crippen molar-refractivity contribution in [2.24, 2.45) is 0 Å². The van der Waals surface area contributed by atoms with Gasteiger partial charge in [-0.25, -0.2) is 0 Å². The first kappa shape index (κ1) is 14.7. The van der Waals surface area contributed by atoms with Crippen molar-refractivity contribution >= 4 is 0 Å². The molecule has 79 valence electrons. The van der Waals surface area contributed by atoms with Gasteiger partial charge in [0.2, 0.25) is 5.54 Å². The Hall–Kier alpha value is -0.276. The predicted octanol–water partition coefficient (Wildman–Crippen LogP) is 2.47. The molecule has 4 heteroatoms. The molecule has 0 amide bonds. The monoisotopic (exact) mass is 281 g/mol. The van der Waals surface area contributed by atoms with Gasteiger partial charge in [-0.1, -0.05) is 0 Å². The van der Waals surface area contributed by atoms with E-state index in [0.29, 0.717) is 6.42 Å². The fraction of sp³-hybridized carbons (Fsp3) is 0.455. The van der Waals surface area contributed by atoms with Crippen LogP contribution >= 0.6 is 0 Å². The second kappa shape index (κ2) is 6.34. The molecule has 0 spiro atoms. The van der Waals surface area contributed by atoms with Gasteiger partial charge in [0.15, 0.2) is 0 Å². The van der Waals surface area contributed by atoms with E-state index in [1.54, 1.807) is 13.8 Å². The van der Waals surface area contributed by atoms with Crippen LogP contribution in [0.1, 0.15) is 25.8 Å². The molecule has 0 bridgehead atoms. The maximum absolute atomic E-state index is 10.6. The number of hydrogen-bond acceptors (Lipinski definition) is 2. The van der Waals surface area contributed by atoms with Crippen LogP contribution in [0.5, 0.6) is 0 Å². The van der Waals surface area contributed by atoms with Gasteiger partial charge in [0, 0.05) is 57.9 Å². The summed E-state index contributed by atoms with van der Waals surface area (Å²) in [5.74, 6) is 0. The zero-order chi connectivity index (χ0) is 10.6. The molecule has 15 heavy (non-hydrogen) atoms. The molecule has 0 aliphatic carbocycles. The number of nitrogens with zero attached hydrogens (tertiary/aromatic N) is 1. The van der Waals surface area contributed by atoms with Crippen LogP contribution in [-0.2, 0) is 39.1 Å². The fourth-order valence-electron chi connectivity index (χ4n) is 1.13. The summed E-state index contributed by atoms with van der Waals surface area (Å²) in [6.45, 7) is 3.31. The summed E-state index contributed by atoms with van der Waals surface area (Å²) >= 11 is 0. The maximum atomic E-state index is 10.6. The van der Waals surface area contributed by atoms with Crippen LogP contribution in [0, 0.1) is 16.2 Å². The Balaban J connectivity index is 0.00000196. The second-order valence-electron chi connectivity index (χ2n) is 3.98. The summed E-state index contributed by atoms with van der Waals surface area (Å²) in [6, 6.07) is 10.5. The Morgan fingerprint density at radius 2 is 1.93 bits per heavy atom. The predicted molar refractivity (Wildman–Crippen MR) is 54.7 cm³/mol. The van der Waals surface area contributed by atoms with E-state index in [9.17, 15) is 10.1 Å². The molecular formula is C11H14NO2Y-. The van der Waals surface area contributed by atoms with Gasteiger partial charge in [-0.3, -0.25) is 10.1 Å². The summed E-state index contributed by atoms with van der Waals surface area (Å²) in [5, 5.41) is 10.6. The van der Waals surface area contributed by atoms with E-state index in [1.807, 2.05) is 24.3 Å². The summed E-state index contributed by atoms with van der Waals surface area (Å²) in [6.07, 6.45) is 1.30. The van der Waals surface area contributed by atoms with Crippen molar-refractivity contribution < 1.29 is 37.6 Å². The van der Waals surface area contributed by atoms with Gasteiger partial charge >= 0.3 is 0 Å². The molecule has 0 aliphatic rings. The quantitative estimate of drug-likeness (QED) is 0.483. The second-order valence-corrected chi connectivity index (χ2v) is 3.98. The first-order valence-electron chi connectivity index (χ1n) is 4.62. The van der Waals surface area contributed by atoms with E-state index in [2.05, 4.69) is 6.07 Å². The molecule has 0 saturated carbocycles. The van der Waals surface area contributed by atoms with Crippen molar-refractivity contribution in [2.75, 3.05) is 0 Å². The third-order valence-electron chi connectivity index (χ3n) is 2.31. The molecule has 0 aromatic heterocycles. The minimum Gasteiger partial charge on any atom is -0.264 e. The summed E-state index contributed by atoms with van der Waals surface area (Å²) in [7, 11) is 0. The van der Waals surface area contributed by atoms with Gasteiger partial charge in [-0.05, 0) is 6.42 Å². The SMILES string of the molecule is CC(C)(CCc1cc[c-]cc1)[N+](=O)[O-].[Y]. The zero-order valence-corrected chi connectivity index (χ0v) is 11.9. The molecule has 3 nitrogen and oxygen atoms in total. The number of nitro groups is 1. The van der Waals surface area contributed by atoms with Gasteiger partial charge in [0.05, 0.1) is 0 Å². The van der Waals surface area contributed by atoms with E-state index in [1.165, 1.54) is 0 Å². The molecule has 0 unspecified atom stereocenters. The Kier molecular flexibility index (Phi) is 6.22. The van der Waals surface area contributed by atoms with E-state index in [0.717, 1.165) is 12.0 Å². The number of hydrogen-bond donors (Lipinski definition) is 0. The first-order chi connectivity index (χ1) is 6.52. The molecule has 0 atom stereocenters. The Morgan fingerprint density at radius 1 is 1.40 bits per heavy atom. The Labute approximate surface area is 115 Å². The van der Waals surface area contributed by atoms with Crippen molar-refractivity contribution in [3.8, 4) is 0 Å². The summed E-state index contributed by atoms with van der Waals surface area (Å²) in [5.41, 5.74) is 0.290. The number of rotatable bonds is 4. The van der Waals surface area contributed by atoms with E-state index in [-0.39, 0.29) is 37.6 Å². The molecule has 1 aromatic carbocycles. The molecule has 1 aromatic rings. The summed E-state index contributed by atoms with van der Waals surface area (Å²) in [4.78, 5) is 10.4. The molecule has 0 aliphatic heterocycles. The van der Waals surface area contributed by atoms with Crippen LogP contribution in [-0.4, -0.2) is 10.5 Å². The first-order valence-corrected chi connectivity index (χ1v) is 4.62. The van der Waals surface area contributed by atoms with Crippen molar-refractivity contribution in [3.05, 3.63) is 46.0 Å². The van der Waals surface area contributed by atoms with Crippen molar-refractivity contribution in [1.29, 1.82) is 0 Å². The van der Waals surface area contributed by atoms with Crippen molar-refractivity contribution in [2.45, 2.75) is 32.2 Å². The van der Waals surface area contributed by atoms with Crippen LogP contribution in [0.15, 0.2) is 24.3 Å². The average Bonchev–Trinajstić information content (AvgIpc) is 2.16. The number of benzene rings is 1. The third-order valence-corrected chi connectivity index (χ3v) is 2.31. The zero-order valence-electron chi connectivity index (χ0n) is 9.06. The van der Waals surface area contributed by atoms with E-state index < -0.39 is 5.54 Å². The van der Waals surface area contributed by atoms with Gasteiger partial charge in [0.1, 0.15) is 0 Å². The van der Waals surface area contributed by atoms with Crippen LogP contribution in [0.3, 0.4) is 0 Å². The Bertz CT molecular complexity index is 312. The normalized spacial score (nSPS) is 10.5. The van der Waals surface area contributed by atoms with Crippen LogP contribution < -0.4 is 0 Å². The van der Waals surface area contributed by atoms with Gasteiger partial charge in [0.25, 0.3) is 0 Å². The topological polar surface area (TPSA) is 43.1 Å². The fourth-order valence-corrected chi connectivity index (χ4v) is 1.13. The van der Waals surface area contributed by atoms with Crippen molar-refractivity contribution in [3.63, 3.8) is 0 Å². The molecular weight excluding hydrogens is 267 g/mol. The van der Waals surface area contributed by atoms with E-state index in [4.69, 9.17) is 0 Å². The van der Waals surface area contributed by atoms with Crippen LogP contribution in [0.25, 0.3) is 0 Å². The largest absolute Gasteiger partial charge is 0.264 e. The third kappa shape index (κ3) is 4.85. The van der Waals surface area contributed by atoms with Gasteiger partial charge in [-0.15, -0.1) is 0 Å².